The van der Waals surface area contributed by atoms with Gasteiger partial charge in [-0.2, -0.15) is 0 Å². The summed E-state index contributed by atoms with van der Waals surface area (Å²) in [6.07, 6.45) is -0.471. The maximum atomic E-state index is 12.5. The summed E-state index contributed by atoms with van der Waals surface area (Å²) in [6.45, 7) is 5.93. The molecule has 0 heterocycles. The highest BCUT2D eigenvalue weighted by Gasteiger charge is 2.30. The van der Waals surface area contributed by atoms with Crippen molar-refractivity contribution in [3.05, 3.63) is 69.8 Å². The lowest BCUT2D eigenvalue weighted by atomic mass is 9.84. The van der Waals surface area contributed by atoms with Gasteiger partial charge in [-0.3, -0.25) is 10.1 Å². The van der Waals surface area contributed by atoms with Gasteiger partial charge in [0.05, 0.1) is 17.6 Å². The average Bonchev–Trinajstić information content (AvgIpc) is 2.58. The Bertz CT molecular complexity index is 745. The number of esters is 1. The van der Waals surface area contributed by atoms with Crippen LogP contribution in [0.1, 0.15) is 42.8 Å². The minimum Gasteiger partial charge on any atom is -0.497 e. The van der Waals surface area contributed by atoms with Crippen LogP contribution >= 0.6 is 0 Å². The molecule has 2 aromatic rings. The van der Waals surface area contributed by atoms with Crippen molar-refractivity contribution in [3.63, 3.8) is 0 Å². The molecule has 0 N–H and O–H groups in total. The molecule has 0 bridgehead atoms. The minimum absolute atomic E-state index is 0.0703. The van der Waals surface area contributed by atoms with Gasteiger partial charge in [0.1, 0.15) is 11.9 Å². The smallest absolute Gasteiger partial charge is 0.338 e. The van der Waals surface area contributed by atoms with Gasteiger partial charge in [-0.1, -0.05) is 32.9 Å². The standard InChI is InChI=1S/C19H21NO5/c1-19(2,3)17(13-7-11-16(24-4)12-8-13)25-18(21)14-5-9-15(10-6-14)20(22)23/h5-12,17H,1-4H3/t17-/m1/s1. The second kappa shape index (κ2) is 7.34. The van der Waals surface area contributed by atoms with Crippen LogP contribution in [0.15, 0.2) is 48.5 Å². The molecule has 132 valence electrons. The van der Waals surface area contributed by atoms with E-state index in [4.69, 9.17) is 9.47 Å². The van der Waals surface area contributed by atoms with Gasteiger partial charge in [0, 0.05) is 17.5 Å². The molecule has 0 aromatic heterocycles. The number of nitrogens with zero attached hydrogens (tertiary/aromatic N) is 1. The number of methoxy groups -OCH3 is 1. The molecular formula is C19H21NO5. The summed E-state index contributed by atoms with van der Waals surface area (Å²) in [6, 6.07) is 12.7. The van der Waals surface area contributed by atoms with E-state index in [0.717, 1.165) is 11.3 Å². The number of rotatable bonds is 5. The van der Waals surface area contributed by atoms with Crippen molar-refractivity contribution < 1.29 is 19.2 Å². The predicted octanol–water partition coefficient (Wildman–Crippen LogP) is 4.55. The van der Waals surface area contributed by atoms with Crippen LogP contribution in [0.3, 0.4) is 0 Å². The normalized spacial score (nSPS) is 12.3. The third-order valence-corrected chi connectivity index (χ3v) is 3.74. The Balaban J connectivity index is 2.24. The summed E-state index contributed by atoms with van der Waals surface area (Å²) in [5.41, 5.74) is 0.724. The van der Waals surface area contributed by atoms with E-state index < -0.39 is 17.0 Å². The highest BCUT2D eigenvalue weighted by atomic mass is 16.6. The van der Waals surface area contributed by atoms with Gasteiger partial charge in [0.2, 0.25) is 0 Å². The molecule has 0 aliphatic heterocycles. The van der Waals surface area contributed by atoms with Crippen LogP contribution in [-0.4, -0.2) is 18.0 Å². The SMILES string of the molecule is COc1ccc([C@@H](OC(=O)c2ccc([N+](=O)[O-])cc2)C(C)(C)C)cc1. The minimum atomic E-state index is -0.523. The number of carbonyl (C=O) groups is 1. The van der Waals surface area contributed by atoms with Crippen LogP contribution in [0.2, 0.25) is 0 Å². The maximum absolute atomic E-state index is 12.5. The third kappa shape index (κ3) is 4.56. The van der Waals surface area contributed by atoms with Crippen molar-refractivity contribution in [2.75, 3.05) is 7.11 Å². The first-order valence-corrected chi connectivity index (χ1v) is 7.82. The summed E-state index contributed by atoms with van der Waals surface area (Å²) in [5.74, 6) is 0.198. The summed E-state index contributed by atoms with van der Waals surface area (Å²) < 4.78 is 10.9. The summed E-state index contributed by atoms with van der Waals surface area (Å²) in [4.78, 5) is 22.7. The highest BCUT2D eigenvalue weighted by Crippen LogP contribution is 2.37. The Morgan fingerprint density at radius 1 is 1.04 bits per heavy atom. The number of hydrogen-bond donors (Lipinski definition) is 0. The zero-order valence-corrected chi connectivity index (χ0v) is 14.7. The number of hydrogen-bond acceptors (Lipinski definition) is 5. The molecule has 0 radical (unpaired) electrons. The van der Waals surface area contributed by atoms with E-state index in [1.807, 2.05) is 45.0 Å². The van der Waals surface area contributed by atoms with E-state index in [1.54, 1.807) is 7.11 Å². The topological polar surface area (TPSA) is 78.7 Å². The van der Waals surface area contributed by atoms with E-state index in [0.29, 0.717) is 0 Å². The van der Waals surface area contributed by atoms with E-state index in [2.05, 4.69) is 0 Å². The van der Waals surface area contributed by atoms with Crippen LogP contribution in [0.25, 0.3) is 0 Å². The maximum Gasteiger partial charge on any atom is 0.338 e. The Morgan fingerprint density at radius 2 is 1.60 bits per heavy atom. The first-order chi connectivity index (χ1) is 11.7. The van der Waals surface area contributed by atoms with Gasteiger partial charge in [0.25, 0.3) is 5.69 Å². The fourth-order valence-electron chi connectivity index (χ4n) is 2.42. The van der Waals surface area contributed by atoms with Crippen LogP contribution in [0.4, 0.5) is 5.69 Å². The molecule has 6 nitrogen and oxygen atoms in total. The van der Waals surface area contributed by atoms with E-state index in [-0.39, 0.29) is 16.7 Å². The Morgan fingerprint density at radius 3 is 2.04 bits per heavy atom. The second-order valence-corrected chi connectivity index (χ2v) is 6.73. The molecule has 1 atom stereocenters. The van der Waals surface area contributed by atoms with Crippen molar-refractivity contribution in [2.45, 2.75) is 26.9 Å². The fourth-order valence-corrected chi connectivity index (χ4v) is 2.42. The lowest BCUT2D eigenvalue weighted by Gasteiger charge is -2.30. The number of nitro benzene ring substituents is 1. The number of ether oxygens (including phenoxy) is 2. The molecule has 0 spiro atoms. The monoisotopic (exact) mass is 343 g/mol. The largest absolute Gasteiger partial charge is 0.497 e. The van der Waals surface area contributed by atoms with Crippen molar-refractivity contribution in [1.29, 1.82) is 0 Å². The van der Waals surface area contributed by atoms with Crippen LogP contribution in [0, 0.1) is 15.5 Å². The Kier molecular flexibility index (Phi) is 5.41. The molecule has 0 amide bonds. The number of carbonyl (C=O) groups excluding carboxylic acids is 1. The van der Waals surface area contributed by atoms with Crippen molar-refractivity contribution in [2.24, 2.45) is 5.41 Å². The van der Waals surface area contributed by atoms with E-state index >= 15 is 0 Å². The van der Waals surface area contributed by atoms with Gasteiger partial charge in [-0.25, -0.2) is 4.79 Å². The van der Waals surface area contributed by atoms with Crippen LogP contribution < -0.4 is 4.74 Å². The number of nitro groups is 1. The number of non-ortho nitro benzene ring substituents is 1. The van der Waals surface area contributed by atoms with Crippen LogP contribution in [-0.2, 0) is 4.74 Å². The molecule has 0 aliphatic rings. The Labute approximate surface area is 146 Å². The van der Waals surface area contributed by atoms with Gasteiger partial charge in [-0.05, 0) is 29.8 Å². The predicted molar refractivity (Wildman–Crippen MR) is 93.7 cm³/mol. The highest BCUT2D eigenvalue weighted by molar-refractivity contribution is 5.89. The van der Waals surface area contributed by atoms with Gasteiger partial charge in [-0.15, -0.1) is 0 Å². The summed E-state index contributed by atoms with van der Waals surface area (Å²) in [7, 11) is 1.59. The zero-order valence-electron chi connectivity index (χ0n) is 14.7. The summed E-state index contributed by atoms with van der Waals surface area (Å²) in [5, 5.41) is 10.7. The van der Waals surface area contributed by atoms with Crippen LogP contribution in [0.5, 0.6) is 5.75 Å². The van der Waals surface area contributed by atoms with E-state index in [9.17, 15) is 14.9 Å². The molecule has 6 heteroatoms. The zero-order chi connectivity index (χ0) is 18.6. The molecule has 0 aliphatic carbocycles. The first-order valence-electron chi connectivity index (χ1n) is 7.82. The van der Waals surface area contributed by atoms with Gasteiger partial charge < -0.3 is 9.47 Å². The third-order valence-electron chi connectivity index (χ3n) is 3.74. The second-order valence-electron chi connectivity index (χ2n) is 6.73. The summed E-state index contributed by atoms with van der Waals surface area (Å²) >= 11 is 0. The lowest BCUT2D eigenvalue weighted by Crippen LogP contribution is -2.24. The molecule has 0 fully saturated rings. The molecule has 0 unspecified atom stereocenters. The lowest BCUT2D eigenvalue weighted by molar-refractivity contribution is -0.384. The average molecular weight is 343 g/mol. The molecule has 0 saturated heterocycles. The molecule has 0 saturated carbocycles. The molecule has 25 heavy (non-hydrogen) atoms. The van der Waals surface area contributed by atoms with Crippen molar-refractivity contribution >= 4 is 11.7 Å². The number of benzene rings is 2. The van der Waals surface area contributed by atoms with E-state index in [1.165, 1.54) is 24.3 Å². The van der Waals surface area contributed by atoms with Gasteiger partial charge in [0.15, 0.2) is 0 Å². The first kappa shape index (κ1) is 18.4. The molecule has 2 aromatic carbocycles. The quantitative estimate of drug-likeness (QED) is 0.452. The molecular weight excluding hydrogens is 322 g/mol. The Hall–Kier alpha value is -2.89. The fraction of sp³-hybridized carbons (Fsp3) is 0.316. The van der Waals surface area contributed by atoms with Gasteiger partial charge >= 0.3 is 5.97 Å². The van der Waals surface area contributed by atoms with Crippen molar-refractivity contribution in [3.8, 4) is 5.75 Å². The molecule has 2 rings (SSSR count). The van der Waals surface area contributed by atoms with Crippen molar-refractivity contribution in [1.82, 2.24) is 0 Å².